The van der Waals surface area contributed by atoms with E-state index in [0.29, 0.717) is 31.5 Å². The molecule has 4 rings (SSSR count). The number of likely N-dealkylation sites (tertiary alicyclic amines) is 1. The first kappa shape index (κ1) is 29.2. The average molecular weight is 567 g/mol. The van der Waals surface area contributed by atoms with Gasteiger partial charge < -0.3 is 21.7 Å². The molecule has 0 radical (unpaired) electrons. The van der Waals surface area contributed by atoms with Gasteiger partial charge in [-0.2, -0.15) is 4.37 Å². The number of primary amides is 1. The predicted octanol–water partition coefficient (Wildman–Crippen LogP) is 3.73. The van der Waals surface area contributed by atoms with Crippen LogP contribution in [-0.2, 0) is 11.3 Å². The van der Waals surface area contributed by atoms with Crippen molar-refractivity contribution in [1.29, 1.82) is 0 Å². The SMILES string of the molecule is CC(C)(C)NC(=O)C(c1ccc(F)cc1)N(C(=O)c1snc(C(N)=O)c1N)C1CCN(Cc2ccccc2)CC1. The highest BCUT2D eigenvalue weighted by Gasteiger charge is 2.41. The van der Waals surface area contributed by atoms with Crippen LogP contribution in [0.3, 0.4) is 0 Å². The largest absolute Gasteiger partial charge is 0.395 e. The Hall–Kier alpha value is -3.83. The van der Waals surface area contributed by atoms with Crippen LogP contribution in [0.2, 0.25) is 0 Å². The highest BCUT2D eigenvalue weighted by Crippen LogP contribution is 2.34. The summed E-state index contributed by atoms with van der Waals surface area (Å²) >= 11 is 0.778. The Kier molecular flexibility index (Phi) is 8.85. The van der Waals surface area contributed by atoms with Gasteiger partial charge in [0, 0.05) is 31.2 Å². The monoisotopic (exact) mass is 566 g/mol. The number of nitrogens with zero attached hydrogens (tertiary/aromatic N) is 3. The maximum absolute atomic E-state index is 14.2. The average Bonchev–Trinajstić information content (AvgIpc) is 3.29. The van der Waals surface area contributed by atoms with Gasteiger partial charge in [0.05, 0.1) is 5.69 Å². The fourth-order valence-corrected chi connectivity index (χ4v) is 5.71. The fraction of sp³-hybridized carbons (Fsp3) is 0.379. The lowest BCUT2D eigenvalue weighted by Gasteiger charge is -2.42. The molecule has 1 saturated heterocycles. The van der Waals surface area contributed by atoms with Crippen LogP contribution in [0.1, 0.15) is 70.9 Å². The molecule has 3 aromatic rings. The molecule has 40 heavy (non-hydrogen) atoms. The summed E-state index contributed by atoms with van der Waals surface area (Å²) in [5, 5.41) is 2.98. The maximum atomic E-state index is 14.2. The van der Waals surface area contributed by atoms with Crippen molar-refractivity contribution >= 4 is 34.9 Å². The standard InChI is InChI=1S/C29H35FN6O3S/c1-29(2,3)33-27(38)24(19-9-11-20(30)12-10-19)36(28(39)25-22(31)23(26(32)37)34-40-25)21-13-15-35(16-14-21)17-18-7-5-4-6-8-18/h4-12,21,24H,13-17,31H2,1-3H3,(H2,32,37)(H,33,38). The number of hydrogen-bond acceptors (Lipinski definition) is 7. The summed E-state index contributed by atoms with van der Waals surface area (Å²) in [7, 11) is 0. The van der Waals surface area contributed by atoms with E-state index >= 15 is 0 Å². The van der Waals surface area contributed by atoms with Crippen LogP contribution < -0.4 is 16.8 Å². The lowest BCUT2D eigenvalue weighted by atomic mass is 9.95. The molecule has 3 amide bonds. The molecule has 0 spiro atoms. The second kappa shape index (κ2) is 12.1. The first-order valence-electron chi connectivity index (χ1n) is 13.2. The Morgan fingerprint density at radius 2 is 1.73 bits per heavy atom. The zero-order chi connectivity index (χ0) is 29.0. The van der Waals surface area contributed by atoms with E-state index < -0.39 is 35.1 Å². The molecule has 5 N–H and O–H groups in total. The van der Waals surface area contributed by atoms with Crippen molar-refractivity contribution in [3.8, 4) is 0 Å². The molecule has 9 nitrogen and oxygen atoms in total. The van der Waals surface area contributed by atoms with Crippen molar-refractivity contribution in [1.82, 2.24) is 19.5 Å². The van der Waals surface area contributed by atoms with Gasteiger partial charge in [-0.1, -0.05) is 42.5 Å². The molecule has 11 heteroatoms. The molecular formula is C29H35FN6O3S. The van der Waals surface area contributed by atoms with Crippen LogP contribution in [0.25, 0.3) is 0 Å². The first-order chi connectivity index (χ1) is 18.9. The third kappa shape index (κ3) is 6.83. The highest BCUT2D eigenvalue weighted by atomic mass is 32.1. The molecule has 1 unspecified atom stereocenters. The number of halogens is 1. The number of amides is 3. The molecule has 0 bridgehead atoms. The number of hydrogen-bond donors (Lipinski definition) is 3. The van der Waals surface area contributed by atoms with Crippen LogP contribution in [0.5, 0.6) is 0 Å². The van der Waals surface area contributed by atoms with Crippen molar-refractivity contribution in [2.75, 3.05) is 18.8 Å². The molecule has 1 aliphatic rings. The number of rotatable bonds is 8. The summed E-state index contributed by atoms with van der Waals surface area (Å²) in [6, 6.07) is 14.3. The maximum Gasteiger partial charge on any atom is 0.270 e. The molecule has 2 heterocycles. The number of nitrogens with two attached hydrogens (primary N) is 2. The molecule has 1 aliphatic heterocycles. The molecule has 1 aromatic heterocycles. The van der Waals surface area contributed by atoms with Crippen molar-refractivity contribution in [2.45, 2.75) is 57.8 Å². The quantitative estimate of drug-likeness (QED) is 0.380. The van der Waals surface area contributed by atoms with E-state index in [2.05, 4.69) is 26.7 Å². The first-order valence-corrected chi connectivity index (χ1v) is 13.9. The van der Waals surface area contributed by atoms with Crippen molar-refractivity contribution in [2.24, 2.45) is 5.73 Å². The van der Waals surface area contributed by atoms with Gasteiger partial charge >= 0.3 is 0 Å². The predicted molar refractivity (Wildman–Crippen MR) is 153 cm³/mol. The minimum atomic E-state index is -1.07. The van der Waals surface area contributed by atoms with E-state index in [1.54, 1.807) is 0 Å². The van der Waals surface area contributed by atoms with Gasteiger partial charge in [0.25, 0.3) is 11.8 Å². The van der Waals surface area contributed by atoms with E-state index in [-0.39, 0.29) is 22.3 Å². The Labute approximate surface area is 237 Å². The molecule has 0 saturated carbocycles. The normalized spacial score (nSPS) is 15.4. The molecule has 2 aromatic carbocycles. The minimum absolute atomic E-state index is 0.0381. The van der Waals surface area contributed by atoms with Crippen LogP contribution >= 0.6 is 11.5 Å². The summed E-state index contributed by atoms with van der Waals surface area (Å²) in [5.74, 6) is -2.22. The minimum Gasteiger partial charge on any atom is -0.395 e. The van der Waals surface area contributed by atoms with Gasteiger partial charge in [-0.25, -0.2) is 4.39 Å². The van der Waals surface area contributed by atoms with E-state index in [0.717, 1.165) is 18.1 Å². The zero-order valence-electron chi connectivity index (χ0n) is 22.9. The molecule has 0 aliphatic carbocycles. The van der Waals surface area contributed by atoms with Crippen LogP contribution in [0, 0.1) is 5.82 Å². The summed E-state index contributed by atoms with van der Waals surface area (Å²) < 4.78 is 17.9. The number of aromatic nitrogens is 1. The summed E-state index contributed by atoms with van der Waals surface area (Å²) in [4.78, 5) is 43.8. The highest BCUT2D eigenvalue weighted by molar-refractivity contribution is 7.09. The Balaban J connectivity index is 1.72. The summed E-state index contributed by atoms with van der Waals surface area (Å²) in [5.41, 5.74) is 12.3. The fourth-order valence-electron chi connectivity index (χ4n) is 4.96. The van der Waals surface area contributed by atoms with Gasteiger partial charge in [0.1, 0.15) is 16.7 Å². The van der Waals surface area contributed by atoms with Crippen LogP contribution in [-0.4, -0.2) is 56.6 Å². The molecule has 212 valence electrons. The van der Waals surface area contributed by atoms with Crippen molar-refractivity contribution in [3.05, 3.63) is 82.1 Å². The number of carbonyl (C=O) groups excluding carboxylic acids is 3. The lowest BCUT2D eigenvalue weighted by Crippen LogP contribution is -2.54. The number of carbonyl (C=O) groups is 3. The number of nitrogens with one attached hydrogen (secondary N) is 1. The second-order valence-electron chi connectivity index (χ2n) is 11.0. The van der Waals surface area contributed by atoms with Gasteiger partial charge in [0.15, 0.2) is 5.69 Å². The Morgan fingerprint density at radius 1 is 1.10 bits per heavy atom. The smallest absolute Gasteiger partial charge is 0.270 e. The van der Waals surface area contributed by atoms with Gasteiger partial charge in [-0.15, -0.1) is 0 Å². The Morgan fingerprint density at radius 3 is 2.27 bits per heavy atom. The molecule has 1 atom stereocenters. The Bertz CT molecular complexity index is 1350. The van der Waals surface area contributed by atoms with E-state index in [1.165, 1.54) is 34.7 Å². The van der Waals surface area contributed by atoms with Crippen molar-refractivity contribution in [3.63, 3.8) is 0 Å². The third-order valence-corrected chi connectivity index (χ3v) is 7.65. The van der Waals surface area contributed by atoms with E-state index in [1.807, 2.05) is 39.0 Å². The van der Waals surface area contributed by atoms with Gasteiger partial charge in [-0.3, -0.25) is 19.3 Å². The lowest BCUT2D eigenvalue weighted by molar-refractivity contribution is -0.128. The van der Waals surface area contributed by atoms with Gasteiger partial charge in [-0.05, 0) is 68.4 Å². The summed E-state index contributed by atoms with van der Waals surface area (Å²) in [6.45, 7) is 7.72. The number of piperidine rings is 1. The molecule has 1 fully saturated rings. The number of benzene rings is 2. The topological polar surface area (TPSA) is 135 Å². The zero-order valence-corrected chi connectivity index (χ0v) is 23.7. The molecular weight excluding hydrogens is 531 g/mol. The second-order valence-corrected chi connectivity index (χ2v) is 11.8. The van der Waals surface area contributed by atoms with E-state index in [4.69, 9.17) is 11.5 Å². The summed E-state index contributed by atoms with van der Waals surface area (Å²) in [6.07, 6.45) is 1.20. The number of anilines is 1. The number of nitrogen functional groups attached to an aromatic ring is 1. The van der Waals surface area contributed by atoms with Crippen LogP contribution in [0.15, 0.2) is 54.6 Å². The van der Waals surface area contributed by atoms with E-state index in [9.17, 15) is 18.8 Å². The third-order valence-electron chi connectivity index (χ3n) is 6.80. The van der Waals surface area contributed by atoms with Gasteiger partial charge in [0.2, 0.25) is 5.91 Å². The van der Waals surface area contributed by atoms with Crippen molar-refractivity contribution < 1.29 is 18.8 Å². The van der Waals surface area contributed by atoms with Crippen LogP contribution in [0.4, 0.5) is 10.1 Å².